The molecule has 64 heavy (non-hydrogen) atoms. The number of carbonyl (C=O) groups excluding carboxylic acids is 2. The van der Waals surface area contributed by atoms with Crippen molar-refractivity contribution in [3.8, 4) is 0 Å². The van der Waals surface area contributed by atoms with Crippen LogP contribution in [0.15, 0.2) is 59.3 Å². The van der Waals surface area contributed by atoms with Crippen LogP contribution < -0.4 is 5.32 Å². The first-order chi connectivity index (χ1) is 30.4. The molecule has 7 rings (SSSR count). The van der Waals surface area contributed by atoms with E-state index >= 15 is 0 Å². The van der Waals surface area contributed by atoms with E-state index in [9.17, 15) is 19.8 Å². The second kappa shape index (κ2) is 20.2. The van der Waals surface area contributed by atoms with Gasteiger partial charge in [0.25, 0.3) is 0 Å². The van der Waals surface area contributed by atoms with Gasteiger partial charge in [0, 0.05) is 58.7 Å². The average Bonchev–Trinajstić information content (AvgIpc) is 3.58. The summed E-state index contributed by atoms with van der Waals surface area (Å²) < 4.78 is 64.2. The van der Waals surface area contributed by atoms with Gasteiger partial charge >= 0.3 is 5.97 Å². The standard InChI is InChI=1S/C49H73NO14/c1-25(2)43-28(5)17-18-48(64-43)23-35-20-34(63-48)16-15-27(4)44(26(3)13-12-14-33-24-57-46-42(52)29(6)19-36(47(53)60-35)49(33,46)54)61-40-22-38(56-11)45(31(8)59-40)62-39-21-37(55-10)41(30(7)58-39)50-32(9)51/h12-15,17-19,25-26,28,30-31,34-46,52,54H,16,20-24H2,1-11H3,(H,50,51)/b13-12-,27-15-,33-14-/t26-,28-,30-,31-,34+,35-,36-,37-,38-,39-,40-,41+,42+,43+,44-,45-,46+,48+,49+/m0/s1. The van der Waals surface area contributed by atoms with Gasteiger partial charge in [-0.2, -0.15) is 0 Å². The molecule has 4 saturated heterocycles. The number of esters is 1. The molecule has 19 atom stereocenters. The van der Waals surface area contributed by atoms with Crippen molar-refractivity contribution in [1.82, 2.24) is 5.32 Å². The maximum Gasteiger partial charge on any atom is 0.316 e. The van der Waals surface area contributed by atoms with Crippen molar-refractivity contribution in [2.75, 3.05) is 20.8 Å². The minimum absolute atomic E-state index is 0.0266. The van der Waals surface area contributed by atoms with Crippen LogP contribution in [-0.2, 0) is 57.0 Å². The Balaban J connectivity index is 1.16. The third-order valence-corrected chi connectivity index (χ3v) is 14.4. The molecule has 15 nitrogen and oxygen atoms in total. The molecule has 0 unspecified atom stereocenters. The van der Waals surface area contributed by atoms with Crippen LogP contribution in [0.2, 0.25) is 0 Å². The van der Waals surface area contributed by atoms with Crippen LogP contribution in [0.1, 0.15) is 94.4 Å². The van der Waals surface area contributed by atoms with Gasteiger partial charge in [0.2, 0.25) is 5.91 Å². The largest absolute Gasteiger partial charge is 0.462 e. The molecule has 6 aliphatic heterocycles. The van der Waals surface area contributed by atoms with Crippen LogP contribution >= 0.6 is 0 Å². The van der Waals surface area contributed by atoms with Gasteiger partial charge in [-0.3, -0.25) is 9.59 Å². The number of ether oxygens (including phenoxy) is 10. The number of methoxy groups -OCH3 is 2. The minimum atomic E-state index is -1.84. The van der Waals surface area contributed by atoms with Crippen molar-refractivity contribution in [1.29, 1.82) is 0 Å². The third-order valence-electron chi connectivity index (χ3n) is 14.4. The first-order valence-corrected chi connectivity index (χ1v) is 23.3. The summed E-state index contributed by atoms with van der Waals surface area (Å²) in [6.07, 6.45) is 8.46. The van der Waals surface area contributed by atoms with Gasteiger partial charge in [-0.25, -0.2) is 0 Å². The molecule has 0 aromatic heterocycles. The Morgan fingerprint density at radius 3 is 2.31 bits per heavy atom. The van der Waals surface area contributed by atoms with Crippen LogP contribution in [0, 0.1) is 23.7 Å². The quantitative estimate of drug-likeness (QED) is 0.216. The Hall–Kier alpha value is -2.80. The Morgan fingerprint density at radius 1 is 0.906 bits per heavy atom. The van der Waals surface area contributed by atoms with E-state index < -0.39 is 84.7 Å². The first kappa shape index (κ1) is 49.1. The highest BCUT2D eigenvalue weighted by Crippen LogP contribution is 2.47. The molecule has 0 saturated carbocycles. The fraction of sp³-hybridized carbons (Fsp3) is 0.755. The van der Waals surface area contributed by atoms with Gasteiger partial charge in [0.1, 0.15) is 35.9 Å². The summed E-state index contributed by atoms with van der Waals surface area (Å²) >= 11 is 0. The van der Waals surface area contributed by atoms with Crippen molar-refractivity contribution in [3.05, 3.63) is 59.3 Å². The van der Waals surface area contributed by atoms with E-state index in [0.29, 0.717) is 36.8 Å². The van der Waals surface area contributed by atoms with Gasteiger partial charge in [0.05, 0.1) is 55.4 Å². The second-order valence-corrected chi connectivity index (χ2v) is 19.5. The summed E-state index contributed by atoms with van der Waals surface area (Å²) in [7, 11) is 3.27. The number of rotatable bonds is 8. The molecular formula is C49H73NO14. The Morgan fingerprint density at radius 2 is 1.61 bits per heavy atom. The Kier molecular flexibility index (Phi) is 15.5. The lowest BCUT2D eigenvalue weighted by Crippen LogP contribution is -2.58. The SMILES string of the molecule is CO[C@H]1C[C@H](O[C@H]2[C@H](C)O[C@@H](O[C@@H]3/C(C)=C\C[C@@H]4C[C@@H](C[C@]5(C=C[C@H](C)[C@@H](C(C)C)O5)O4)OC(=O)[C@@H]4C=C(C)[C@@H](O)[C@H]5OC/C(=C/C=C\[C@@H]3C)[C@]54O)C[C@@H]2OC)O[C@@H](C)[C@H]1NC(C)=O. The molecule has 1 aliphatic carbocycles. The third kappa shape index (κ3) is 10.2. The van der Waals surface area contributed by atoms with E-state index in [1.165, 1.54) is 6.92 Å². The lowest BCUT2D eigenvalue weighted by atomic mass is 9.71. The smallest absolute Gasteiger partial charge is 0.316 e. The van der Waals surface area contributed by atoms with E-state index in [0.717, 1.165) is 5.57 Å². The zero-order valence-electron chi connectivity index (χ0n) is 39.5. The molecular weight excluding hydrogens is 827 g/mol. The summed E-state index contributed by atoms with van der Waals surface area (Å²) in [5, 5.41) is 26.7. The number of fused-ring (bicyclic) bond motifs is 2. The van der Waals surface area contributed by atoms with E-state index in [-0.39, 0.29) is 61.0 Å². The Bertz CT molecular complexity index is 1830. The summed E-state index contributed by atoms with van der Waals surface area (Å²) in [6, 6.07) is -0.314. The zero-order valence-corrected chi connectivity index (χ0v) is 39.5. The molecule has 4 fully saturated rings. The Labute approximate surface area is 378 Å². The fourth-order valence-corrected chi connectivity index (χ4v) is 10.9. The highest BCUT2D eigenvalue weighted by Gasteiger charge is 2.60. The first-order valence-electron chi connectivity index (χ1n) is 23.3. The molecule has 15 heteroatoms. The van der Waals surface area contributed by atoms with E-state index in [2.05, 4.69) is 45.2 Å². The van der Waals surface area contributed by atoms with Gasteiger partial charge in [-0.15, -0.1) is 0 Å². The number of carbonyl (C=O) groups is 2. The van der Waals surface area contributed by atoms with Gasteiger partial charge in [-0.05, 0) is 62.8 Å². The molecule has 0 aromatic carbocycles. The van der Waals surface area contributed by atoms with Crippen LogP contribution in [-0.4, -0.2) is 140 Å². The van der Waals surface area contributed by atoms with Crippen molar-refractivity contribution in [3.63, 3.8) is 0 Å². The zero-order chi connectivity index (χ0) is 46.2. The molecule has 7 aliphatic rings. The monoisotopic (exact) mass is 900 g/mol. The number of hydrogen-bond donors (Lipinski definition) is 3. The van der Waals surface area contributed by atoms with E-state index in [1.807, 2.05) is 39.0 Å². The van der Waals surface area contributed by atoms with E-state index in [4.69, 9.17) is 47.4 Å². The van der Waals surface area contributed by atoms with Gasteiger partial charge in [-0.1, -0.05) is 64.2 Å². The number of amides is 1. The molecule has 1 amide bonds. The van der Waals surface area contributed by atoms with Crippen LogP contribution in [0.3, 0.4) is 0 Å². The van der Waals surface area contributed by atoms with Crippen molar-refractivity contribution >= 4 is 11.9 Å². The normalized spacial score (nSPS) is 47.4. The molecule has 2 bridgehead atoms. The van der Waals surface area contributed by atoms with Crippen molar-refractivity contribution < 1.29 is 67.2 Å². The summed E-state index contributed by atoms with van der Waals surface area (Å²) in [6.45, 7) is 17.5. The van der Waals surface area contributed by atoms with Gasteiger partial charge < -0.3 is 62.9 Å². The van der Waals surface area contributed by atoms with Crippen LogP contribution in [0.25, 0.3) is 0 Å². The average molecular weight is 900 g/mol. The summed E-state index contributed by atoms with van der Waals surface area (Å²) in [5.74, 6) is -2.81. The van der Waals surface area contributed by atoms with Crippen molar-refractivity contribution in [2.24, 2.45) is 23.7 Å². The van der Waals surface area contributed by atoms with Gasteiger partial charge in [0.15, 0.2) is 18.4 Å². The van der Waals surface area contributed by atoms with E-state index in [1.54, 1.807) is 33.3 Å². The maximum absolute atomic E-state index is 14.3. The number of aliphatic hydroxyl groups is 2. The molecule has 358 valence electrons. The number of aliphatic hydroxyl groups excluding tert-OH is 1. The number of allylic oxidation sites excluding steroid dienone is 2. The summed E-state index contributed by atoms with van der Waals surface area (Å²) in [5.41, 5.74) is 0.112. The molecule has 0 aromatic rings. The predicted molar refractivity (Wildman–Crippen MR) is 234 cm³/mol. The molecule has 0 radical (unpaired) electrons. The lowest BCUT2D eigenvalue weighted by molar-refractivity contribution is -0.311. The highest BCUT2D eigenvalue weighted by atomic mass is 16.7. The number of hydrogen-bond acceptors (Lipinski definition) is 14. The predicted octanol–water partition coefficient (Wildman–Crippen LogP) is 5.13. The molecule has 6 heterocycles. The minimum Gasteiger partial charge on any atom is -0.462 e. The maximum atomic E-state index is 14.3. The van der Waals surface area contributed by atoms with Crippen LogP contribution in [0.5, 0.6) is 0 Å². The molecule has 1 spiro atoms. The van der Waals surface area contributed by atoms with Crippen LogP contribution in [0.4, 0.5) is 0 Å². The molecule has 3 N–H and O–H groups in total. The lowest BCUT2D eigenvalue weighted by Gasteiger charge is -2.48. The van der Waals surface area contributed by atoms with Crippen molar-refractivity contribution in [2.45, 2.75) is 192 Å². The second-order valence-electron chi connectivity index (χ2n) is 19.5. The highest BCUT2D eigenvalue weighted by molar-refractivity contribution is 5.78. The fourth-order valence-electron chi connectivity index (χ4n) is 10.9. The topological polar surface area (TPSA) is 179 Å². The number of nitrogens with one attached hydrogen (secondary N) is 1. The summed E-state index contributed by atoms with van der Waals surface area (Å²) in [4.78, 5) is 26.2.